The number of rotatable bonds is 6. The number of H-pyrrole nitrogens is 1. The van der Waals surface area contributed by atoms with Gasteiger partial charge in [-0.05, 0) is 48.9 Å². The molecule has 1 aromatic heterocycles. The highest BCUT2D eigenvalue weighted by molar-refractivity contribution is 5.93. The van der Waals surface area contributed by atoms with Crippen LogP contribution in [0.25, 0.3) is 11.3 Å². The third-order valence-electron chi connectivity index (χ3n) is 5.76. The number of nitrogens with one attached hydrogen (secondary N) is 1. The standard InChI is InChI=1S/C24H27N3O3/c1-29-19-8-9-20(23(15-19)30-2)21-16-22(26-25-21)24(28)27-12-10-18(11-13-27)14-17-6-4-3-5-7-17/h3-9,15-16,18H,10-14H2,1-2H3,(H,25,26). The number of aromatic amines is 1. The maximum Gasteiger partial charge on any atom is 0.271 e. The molecule has 1 aliphatic heterocycles. The van der Waals surface area contributed by atoms with E-state index in [1.54, 1.807) is 20.3 Å². The van der Waals surface area contributed by atoms with E-state index in [1.807, 2.05) is 29.2 Å². The van der Waals surface area contributed by atoms with E-state index in [0.29, 0.717) is 28.8 Å². The summed E-state index contributed by atoms with van der Waals surface area (Å²) in [5, 5.41) is 7.25. The van der Waals surface area contributed by atoms with E-state index in [-0.39, 0.29) is 5.91 Å². The van der Waals surface area contributed by atoms with Crippen LogP contribution in [-0.4, -0.2) is 48.3 Å². The van der Waals surface area contributed by atoms with Gasteiger partial charge < -0.3 is 14.4 Å². The van der Waals surface area contributed by atoms with Gasteiger partial charge in [0.2, 0.25) is 0 Å². The lowest BCUT2D eigenvalue weighted by molar-refractivity contribution is 0.0684. The lowest BCUT2D eigenvalue weighted by atomic mass is 9.90. The SMILES string of the molecule is COc1ccc(-c2cc(C(=O)N3CCC(Cc4ccccc4)CC3)[nH]n2)c(OC)c1. The summed E-state index contributed by atoms with van der Waals surface area (Å²) in [6, 6.07) is 17.9. The average molecular weight is 405 g/mol. The molecule has 156 valence electrons. The van der Waals surface area contributed by atoms with Gasteiger partial charge in [-0.3, -0.25) is 9.89 Å². The van der Waals surface area contributed by atoms with E-state index < -0.39 is 0 Å². The highest BCUT2D eigenvalue weighted by atomic mass is 16.5. The van der Waals surface area contributed by atoms with E-state index in [4.69, 9.17) is 9.47 Å². The number of benzene rings is 2. The molecule has 3 aromatic rings. The van der Waals surface area contributed by atoms with E-state index in [0.717, 1.165) is 37.9 Å². The van der Waals surface area contributed by atoms with Crippen molar-refractivity contribution in [3.05, 3.63) is 65.9 Å². The van der Waals surface area contributed by atoms with Gasteiger partial charge in [-0.2, -0.15) is 5.10 Å². The molecule has 2 heterocycles. The van der Waals surface area contributed by atoms with E-state index >= 15 is 0 Å². The maximum atomic E-state index is 13.0. The van der Waals surface area contributed by atoms with Gasteiger partial charge in [0.25, 0.3) is 5.91 Å². The Morgan fingerprint density at radius 1 is 1.07 bits per heavy atom. The molecule has 1 fully saturated rings. The van der Waals surface area contributed by atoms with Crippen LogP contribution >= 0.6 is 0 Å². The molecule has 6 heteroatoms. The number of nitrogens with zero attached hydrogens (tertiary/aromatic N) is 2. The molecule has 4 rings (SSSR count). The normalized spacial score (nSPS) is 14.5. The molecular formula is C24H27N3O3. The predicted octanol–water partition coefficient (Wildman–Crippen LogP) is 4.19. The zero-order chi connectivity index (χ0) is 20.9. The molecule has 0 saturated carbocycles. The monoisotopic (exact) mass is 405 g/mol. The van der Waals surface area contributed by atoms with Gasteiger partial charge in [-0.15, -0.1) is 0 Å². The van der Waals surface area contributed by atoms with Crippen LogP contribution in [0.4, 0.5) is 0 Å². The van der Waals surface area contributed by atoms with Gasteiger partial charge in [0, 0.05) is 24.7 Å². The first-order valence-electron chi connectivity index (χ1n) is 10.3. The van der Waals surface area contributed by atoms with Crippen molar-refractivity contribution in [2.45, 2.75) is 19.3 Å². The predicted molar refractivity (Wildman–Crippen MR) is 116 cm³/mol. The van der Waals surface area contributed by atoms with Crippen molar-refractivity contribution in [3.8, 4) is 22.8 Å². The second-order valence-corrected chi connectivity index (χ2v) is 7.66. The van der Waals surface area contributed by atoms with Crippen LogP contribution in [0.5, 0.6) is 11.5 Å². The van der Waals surface area contributed by atoms with Crippen molar-refractivity contribution >= 4 is 5.91 Å². The van der Waals surface area contributed by atoms with Crippen LogP contribution < -0.4 is 9.47 Å². The molecule has 6 nitrogen and oxygen atoms in total. The molecule has 0 atom stereocenters. The molecule has 0 radical (unpaired) electrons. The molecule has 0 spiro atoms. The molecule has 1 amide bonds. The number of methoxy groups -OCH3 is 2. The Morgan fingerprint density at radius 3 is 2.53 bits per heavy atom. The van der Waals surface area contributed by atoms with Gasteiger partial charge in [-0.25, -0.2) is 0 Å². The Balaban J connectivity index is 1.40. The van der Waals surface area contributed by atoms with E-state index in [2.05, 4.69) is 34.5 Å². The first-order valence-corrected chi connectivity index (χ1v) is 10.3. The summed E-state index contributed by atoms with van der Waals surface area (Å²) < 4.78 is 10.7. The van der Waals surface area contributed by atoms with Crippen LogP contribution in [0, 0.1) is 5.92 Å². The molecule has 1 saturated heterocycles. The van der Waals surface area contributed by atoms with Crippen molar-refractivity contribution in [1.29, 1.82) is 0 Å². The zero-order valence-electron chi connectivity index (χ0n) is 17.4. The fourth-order valence-corrected chi connectivity index (χ4v) is 4.04. The van der Waals surface area contributed by atoms with Crippen molar-refractivity contribution in [1.82, 2.24) is 15.1 Å². The second-order valence-electron chi connectivity index (χ2n) is 7.66. The number of aromatic nitrogens is 2. The van der Waals surface area contributed by atoms with Crippen LogP contribution in [0.3, 0.4) is 0 Å². The molecule has 30 heavy (non-hydrogen) atoms. The van der Waals surface area contributed by atoms with Crippen LogP contribution in [0.1, 0.15) is 28.9 Å². The Hall–Kier alpha value is -3.28. The minimum absolute atomic E-state index is 0.000565. The Bertz CT molecular complexity index is 992. The van der Waals surface area contributed by atoms with Gasteiger partial charge in [0.05, 0.1) is 19.9 Å². The second kappa shape index (κ2) is 9.03. The molecule has 0 aliphatic carbocycles. The quantitative estimate of drug-likeness (QED) is 0.668. The van der Waals surface area contributed by atoms with Crippen molar-refractivity contribution in [3.63, 3.8) is 0 Å². The Labute approximate surface area is 176 Å². The van der Waals surface area contributed by atoms with Crippen molar-refractivity contribution in [2.75, 3.05) is 27.3 Å². The molecule has 1 aliphatic rings. The fourth-order valence-electron chi connectivity index (χ4n) is 4.04. The summed E-state index contributed by atoms with van der Waals surface area (Å²) in [6.07, 6.45) is 3.12. The van der Waals surface area contributed by atoms with Crippen LogP contribution in [0.15, 0.2) is 54.6 Å². The number of likely N-dealkylation sites (tertiary alicyclic amines) is 1. The number of carbonyl (C=O) groups excluding carboxylic acids is 1. The van der Waals surface area contributed by atoms with Gasteiger partial charge in [0.1, 0.15) is 17.2 Å². The maximum absolute atomic E-state index is 13.0. The van der Waals surface area contributed by atoms with Crippen LogP contribution in [-0.2, 0) is 6.42 Å². The molecule has 1 N–H and O–H groups in total. The molecule has 2 aromatic carbocycles. The topological polar surface area (TPSA) is 67.5 Å². The van der Waals surface area contributed by atoms with E-state index in [9.17, 15) is 4.79 Å². The summed E-state index contributed by atoms with van der Waals surface area (Å²) in [5.74, 6) is 1.99. The number of hydrogen-bond acceptors (Lipinski definition) is 4. The van der Waals surface area contributed by atoms with Crippen molar-refractivity contribution < 1.29 is 14.3 Å². The molecule has 0 bridgehead atoms. The molecular weight excluding hydrogens is 378 g/mol. The largest absolute Gasteiger partial charge is 0.497 e. The zero-order valence-corrected chi connectivity index (χ0v) is 17.4. The Morgan fingerprint density at radius 2 is 1.83 bits per heavy atom. The number of piperidine rings is 1. The number of amides is 1. The van der Waals surface area contributed by atoms with Gasteiger partial charge in [-0.1, -0.05) is 30.3 Å². The smallest absolute Gasteiger partial charge is 0.271 e. The third-order valence-corrected chi connectivity index (χ3v) is 5.76. The summed E-state index contributed by atoms with van der Waals surface area (Å²) in [4.78, 5) is 14.9. The van der Waals surface area contributed by atoms with E-state index in [1.165, 1.54) is 5.56 Å². The number of ether oxygens (including phenoxy) is 2. The first kappa shape index (κ1) is 20.0. The Kier molecular flexibility index (Phi) is 6.02. The van der Waals surface area contributed by atoms with Gasteiger partial charge in [0.15, 0.2) is 0 Å². The number of hydrogen-bond donors (Lipinski definition) is 1. The van der Waals surface area contributed by atoms with Crippen LogP contribution in [0.2, 0.25) is 0 Å². The fraction of sp³-hybridized carbons (Fsp3) is 0.333. The minimum Gasteiger partial charge on any atom is -0.497 e. The van der Waals surface area contributed by atoms with Crippen molar-refractivity contribution in [2.24, 2.45) is 5.92 Å². The summed E-state index contributed by atoms with van der Waals surface area (Å²) in [5.41, 5.74) is 3.37. The first-order chi connectivity index (χ1) is 14.7. The summed E-state index contributed by atoms with van der Waals surface area (Å²) >= 11 is 0. The summed E-state index contributed by atoms with van der Waals surface area (Å²) in [7, 11) is 3.22. The number of carbonyl (C=O) groups is 1. The third kappa shape index (κ3) is 4.32. The highest BCUT2D eigenvalue weighted by Crippen LogP contribution is 2.32. The molecule has 0 unspecified atom stereocenters. The van der Waals surface area contributed by atoms with Gasteiger partial charge >= 0.3 is 0 Å². The lowest BCUT2D eigenvalue weighted by Crippen LogP contribution is -2.39. The highest BCUT2D eigenvalue weighted by Gasteiger charge is 2.25. The lowest BCUT2D eigenvalue weighted by Gasteiger charge is -2.31. The average Bonchev–Trinajstić information content (AvgIpc) is 3.29. The summed E-state index contributed by atoms with van der Waals surface area (Å²) in [6.45, 7) is 1.55. The minimum atomic E-state index is -0.000565.